The zero-order valence-corrected chi connectivity index (χ0v) is 8.32. The van der Waals surface area contributed by atoms with Gasteiger partial charge in [0.05, 0.1) is 21.3 Å². The number of nitriles is 1. The topological polar surface area (TPSA) is 53.8 Å². The van der Waals surface area contributed by atoms with E-state index in [1.807, 2.05) is 0 Å². The van der Waals surface area contributed by atoms with Gasteiger partial charge in [-0.3, -0.25) is 4.21 Å². The molecule has 1 heterocycles. The lowest BCUT2D eigenvalue weighted by molar-refractivity contribution is -0.138. The standard InChI is InChI=1S/C8H5F3N2OS/c1-15(14)7-2-5(8(9,10)11)4-13-6(7)3-12/h2,4H,1H3. The number of hydrogen-bond donors (Lipinski definition) is 0. The molecule has 80 valence electrons. The number of nitrogens with zero attached hydrogens (tertiary/aromatic N) is 2. The Hall–Kier alpha value is -1.42. The molecule has 1 atom stereocenters. The first kappa shape index (κ1) is 11.7. The Morgan fingerprint density at radius 3 is 2.53 bits per heavy atom. The molecule has 7 heteroatoms. The summed E-state index contributed by atoms with van der Waals surface area (Å²) in [7, 11) is -1.67. The summed E-state index contributed by atoms with van der Waals surface area (Å²) in [5, 5.41) is 8.53. The van der Waals surface area contributed by atoms with Gasteiger partial charge in [-0.25, -0.2) is 4.98 Å². The monoisotopic (exact) mass is 234 g/mol. The second kappa shape index (κ2) is 3.98. The Bertz CT molecular complexity index is 450. The highest BCUT2D eigenvalue weighted by molar-refractivity contribution is 7.84. The van der Waals surface area contributed by atoms with E-state index >= 15 is 0 Å². The molecule has 0 radical (unpaired) electrons. The number of pyridine rings is 1. The summed E-state index contributed by atoms with van der Waals surface area (Å²) >= 11 is 0. The van der Waals surface area contributed by atoms with Crippen LogP contribution in [0.25, 0.3) is 0 Å². The summed E-state index contributed by atoms with van der Waals surface area (Å²) < 4.78 is 47.8. The molecule has 1 rings (SSSR count). The van der Waals surface area contributed by atoms with Gasteiger partial charge in [0.15, 0.2) is 5.69 Å². The average Bonchev–Trinajstić information content (AvgIpc) is 2.15. The first-order valence-electron chi connectivity index (χ1n) is 3.67. The van der Waals surface area contributed by atoms with Gasteiger partial charge in [0.1, 0.15) is 6.07 Å². The van der Waals surface area contributed by atoms with Gasteiger partial charge in [0.25, 0.3) is 0 Å². The molecular weight excluding hydrogens is 229 g/mol. The van der Waals surface area contributed by atoms with E-state index in [2.05, 4.69) is 4.98 Å². The van der Waals surface area contributed by atoms with Crippen LogP contribution >= 0.6 is 0 Å². The quantitative estimate of drug-likeness (QED) is 0.743. The number of halogens is 3. The fourth-order valence-electron chi connectivity index (χ4n) is 0.903. The molecule has 0 N–H and O–H groups in total. The van der Waals surface area contributed by atoms with Crippen LogP contribution in [0, 0.1) is 11.3 Å². The van der Waals surface area contributed by atoms with Crippen LogP contribution in [0.5, 0.6) is 0 Å². The number of alkyl halides is 3. The first-order chi connectivity index (χ1) is 6.86. The van der Waals surface area contributed by atoms with Gasteiger partial charge in [-0.2, -0.15) is 18.4 Å². The predicted molar refractivity (Wildman–Crippen MR) is 46.3 cm³/mol. The number of aromatic nitrogens is 1. The van der Waals surface area contributed by atoms with Gasteiger partial charge in [-0.05, 0) is 6.07 Å². The van der Waals surface area contributed by atoms with Crippen molar-refractivity contribution in [3.8, 4) is 6.07 Å². The maximum atomic E-state index is 12.2. The van der Waals surface area contributed by atoms with Gasteiger partial charge in [0.2, 0.25) is 0 Å². The largest absolute Gasteiger partial charge is 0.417 e. The lowest BCUT2D eigenvalue weighted by Crippen LogP contribution is -2.08. The highest BCUT2D eigenvalue weighted by Gasteiger charge is 2.32. The molecule has 0 aliphatic carbocycles. The maximum Gasteiger partial charge on any atom is 0.417 e. The lowest BCUT2D eigenvalue weighted by Gasteiger charge is -2.07. The SMILES string of the molecule is CS(=O)c1cc(C(F)(F)F)cnc1C#N. The van der Waals surface area contributed by atoms with Crippen LogP contribution in [0.15, 0.2) is 17.2 Å². The van der Waals surface area contributed by atoms with E-state index in [-0.39, 0.29) is 10.6 Å². The van der Waals surface area contributed by atoms with Gasteiger partial charge in [-0.1, -0.05) is 0 Å². The predicted octanol–water partition coefficient (Wildman–Crippen LogP) is 1.71. The van der Waals surface area contributed by atoms with Crippen LogP contribution in [0.3, 0.4) is 0 Å². The maximum absolute atomic E-state index is 12.2. The third-order valence-corrected chi connectivity index (χ3v) is 2.53. The highest BCUT2D eigenvalue weighted by Crippen LogP contribution is 2.30. The highest BCUT2D eigenvalue weighted by atomic mass is 32.2. The minimum atomic E-state index is -4.55. The molecule has 15 heavy (non-hydrogen) atoms. The van der Waals surface area contributed by atoms with Crippen molar-refractivity contribution in [3.63, 3.8) is 0 Å². The Morgan fingerprint density at radius 1 is 1.53 bits per heavy atom. The fraction of sp³-hybridized carbons (Fsp3) is 0.250. The van der Waals surface area contributed by atoms with E-state index in [0.29, 0.717) is 12.3 Å². The minimum absolute atomic E-state index is 0.202. The molecule has 0 aromatic carbocycles. The smallest absolute Gasteiger partial charge is 0.255 e. The molecule has 0 aliphatic rings. The Balaban J connectivity index is 3.37. The molecular formula is C8H5F3N2OS. The average molecular weight is 234 g/mol. The zero-order chi connectivity index (χ0) is 11.6. The van der Waals surface area contributed by atoms with E-state index < -0.39 is 22.5 Å². The van der Waals surface area contributed by atoms with E-state index in [9.17, 15) is 17.4 Å². The van der Waals surface area contributed by atoms with Crippen molar-refractivity contribution >= 4 is 10.8 Å². The zero-order valence-electron chi connectivity index (χ0n) is 7.50. The van der Waals surface area contributed by atoms with Gasteiger partial charge in [-0.15, -0.1) is 0 Å². The fourth-order valence-corrected chi connectivity index (χ4v) is 1.57. The van der Waals surface area contributed by atoms with Crippen molar-refractivity contribution in [3.05, 3.63) is 23.5 Å². The normalized spacial score (nSPS) is 13.3. The van der Waals surface area contributed by atoms with Crippen LogP contribution in [0.4, 0.5) is 13.2 Å². The van der Waals surface area contributed by atoms with Crippen molar-refractivity contribution in [2.75, 3.05) is 6.26 Å². The molecule has 1 unspecified atom stereocenters. The Kier molecular flexibility index (Phi) is 3.09. The summed E-state index contributed by atoms with van der Waals surface area (Å²) in [5.41, 5.74) is -1.25. The van der Waals surface area contributed by atoms with Crippen molar-refractivity contribution in [2.24, 2.45) is 0 Å². The summed E-state index contributed by atoms with van der Waals surface area (Å²) in [6.07, 6.45) is -2.80. The van der Waals surface area contributed by atoms with Crippen LogP contribution < -0.4 is 0 Å². The molecule has 0 saturated heterocycles. The molecule has 0 spiro atoms. The third-order valence-electron chi connectivity index (χ3n) is 1.60. The van der Waals surface area contributed by atoms with Crippen molar-refractivity contribution in [1.82, 2.24) is 4.98 Å². The Labute approximate surface area is 86.0 Å². The van der Waals surface area contributed by atoms with Gasteiger partial charge in [0, 0.05) is 12.5 Å². The van der Waals surface area contributed by atoms with Crippen molar-refractivity contribution < 1.29 is 17.4 Å². The molecule has 0 aliphatic heterocycles. The lowest BCUT2D eigenvalue weighted by atomic mass is 10.2. The van der Waals surface area contributed by atoms with Crippen molar-refractivity contribution in [2.45, 2.75) is 11.1 Å². The molecule has 0 fully saturated rings. The van der Waals surface area contributed by atoms with Crippen molar-refractivity contribution in [1.29, 1.82) is 5.26 Å². The molecule has 1 aromatic rings. The summed E-state index contributed by atoms with van der Waals surface area (Å²) in [5.74, 6) is 0. The number of hydrogen-bond acceptors (Lipinski definition) is 3. The minimum Gasteiger partial charge on any atom is -0.255 e. The van der Waals surface area contributed by atoms with Crippen LogP contribution in [-0.2, 0) is 17.0 Å². The molecule has 1 aromatic heterocycles. The van der Waals surface area contributed by atoms with E-state index in [1.165, 1.54) is 6.26 Å². The molecule has 0 amide bonds. The first-order valence-corrected chi connectivity index (χ1v) is 5.23. The van der Waals surface area contributed by atoms with E-state index in [4.69, 9.17) is 5.26 Å². The summed E-state index contributed by atoms with van der Waals surface area (Å²) in [4.78, 5) is 3.11. The van der Waals surface area contributed by atoms with Crippen LogP contribution in [0.1, 0.15) is 11.3 Å². The Morgan fingerprint density at radius 2 is 2.13 bits per heavy atom. The van der Waals surface area contributed by atoms with Gasteiger partial charge < -0.3 is 0 Å². The summed E-state index contributed by atoms with van der Waals surface area (Å²) in [6, 6.07) is 2.27. The van der Waals surface area contributed by atoms with Crippen LogP contribution in [-0.4, -0.2) is 15.4 Å². The van der Waals surface area contributed by atoms with E-state index in [1.54, 1.807) is 6.07 Å². The molecule has 3 nitrogen and oxygen atoms in total. The molecule has 0 bridgehead atoms. The van der Waals surface area contributed by atoms with E-state index in [0.717, 1.165) is 0 Å². The van der Waals surface area contributed by atoms with Gasteiger partial charge >= 0.3 is 6.18 Å². The number of rotatable bonds is 1. The van der Waals surface area contributed by atoms with Crippen LogP contribution in [0.2, 0.25) is 0 Å². The summed E-state index contributed by atoms with van der Waals surface area (Å²) in [6.45, 7) is 0. The second-order valence-corrected chi connectivity index (χ2v) is 3.98. The third kappa shape index (κ3) is 2.53. The molecule has 0 saturated carbocycles. The second-order valence-electron chi connectivity index (χ2n) is 2.63.